The van der Waals surface area contributed by atoms with Gasteiger partial charge in [0, 0.05) is 12.4 Å². The van der Waals surface area contributed by atoms with Crippen molar-refractivity contribution in [3.05, 3.63) is 23.5 Å². The molecule has 0 amide bonds. The number of aliphatic imine (C=N–C) groups is 2. The Balaban J connectivity index is 0.000000182. The van der Waals surface area contributed by atoms with Gasteiger partial charge >= 0.3 is 24.7 Å². The molecule has 2 heterocycles. The van der Waals surface area contributed by atoms with E-state index in [1.807, 2.05) is 12.2 Å². The fraction of sp³-hybridized carbons (Fsp3) is 0. The van der Waals surface area contributed by atoms with Crippen LogP contribution in [0.15, 0.2) is 33.5 Å². The van der Waals surface area contributed by atoms with Crippen LogP contribution >= 0.6 is 0 Å². The number of nitrogens with zero attached hydrogens (tertiary/aromatic N) is 2. The minimum Gasteiger partial charge on any atom is -0.279 e. The van der Waals surface area contributed by atoms with Gasteiger partial charge in [-0.05, 0) is 12.2 Å². The molecule has 0 radical (unpaired) electrons. The summed E-state index contributed by atoms with van der Waals surface area (Å²) >= 11 is 0. The highest BCUT2D eigenvalue weighted by Gasteiger charge is 2.31. The van der Waals surface area contributed by atoms with E-state index in [1.165, 1.54) is 0 Å². The summed E-state index contributed by atoms with van der Waals surface area (Å²) in [5, 5.41) is 0. The quantitative estimate of drug-likeness (QED) is 0.587. The van der Waals surface area contributed by atoms with Crippen molar-refractivity contribution in [2.24, 2.45) is 9.98 Å². The molecule has 0 aromatic carbocycles. The van der Waals surface area contributed by atoms with Crippen LogP contribution < -0.4 is 0 Å². The van der Waals surface area contributed by atoms with E-state index in [4.69, 9.17) is 9.11 Å². The molecule has 0 saturated heterocycles. The first-order valence-electron chi connectivity index (χ1n) is 4.10. The number of rotatable bonds is 0. The molecule has 98 valence electrons. The van der Waals surface area contributed by atoms with Gasteiger partial charge in [0.1, 0.15) is 0 Å². The van der Waals surface area contributed by atoms with E-state index in [9.17, 15) is 21.6 Å². The molecule has 0 atom stereocenters. The maximum atomic E-state index is 9.81. The molecule has 2 aliphatic heterocycles. The zero-order valence-electron chi connectivity index (χ0n) is 8.46. The number of allylic oxidation sites excluding steroid dienone is 2. The SMILES string of the molecule is C1=NC2=CC=NC2=C1.O=C(S(=O)(=O)O)S(=O)(=O)O. The Morgan fingerprint density at radius 3 is 1.44 bits per heavy atom. The summed E-state index contributed by atoms with van der Waals surface area (Å²) in [5.74, 6) is 0. The first-order chi connectivity index (χ1) is 8.12. The largest absolute Gasteiger partial charge is 0.412 e. The van der Waals surface area contributed by atoms with E-state index in [-0.39, 0.29) is 0 Å². The third-order valence-electron chi connectivity index (χ3n) is 1.58. The summed E-state index contributed by atoms with van der Waals surface area (Å²) < 4.78 is 51.4. The van der Waals surface area contributed by atoms with Gasteiger partial charge in [-0.1, -0.05) is 0 Å². The Kier molecular flexibility index (Phi) is 3.91. The van der Waals surface area contributed by atoms with Crippen LogP contribution in [0.5, 0.6) is 0 Å². The average molecular weight is 294 g/mol. The van der Waals surface area contributed by atoms with E-state index >= 15 is 0 Å². The molecule has 0 bridgehead atoms. The lowest BCUT2D eigenvalue weighted by atomic mass is 10.4. The third-order valence-corrected chi connectivity index (χ3v) is 3.68. The molecule has 18 heavy (non-hydrogen) atoms. The molecule has 11 heteroatoms. The molecule has 0 fully saturated rings. The number of hydrogen-bond acceptors (Lipinski definition) is 7. The lowest BCUT2D eigenvalue weighted by Crippen LogP contribution is -2.20. The van der Waals surface area contributed by atoms with Gasteiger partial charge in [-0.2, -0.15) is 16.8 Å². The highest BCUT2D eigenvalue weighted by Crippen LogP contribution is 2.19. The number of carbonyl (C=O) groups excluding carboxylic acids is 1. The summed E-state index contributed by atoms with van der Waals surface area (Å²) in [4.78, 5) is 17.8. The van der Waals surface area contributed by atoms with E-state index in [2.05, 4.69) is 9.98 Å². The van der Waals surface area contributed by atoms with Crippen LogP contribution in [0.3, 0.4) is 0 Å². The van der Waals surface area contributed by atoms with Crippen molar-refractivity contribution in [2.75, 3.05) is 0 Å². The standard InChI is InChI=1S/C6H4N2.CH2O7S2/c1-3-7-6-2-4-8-5(1)6;2-1(9(3,4)5)10(6,7)8/h1-4H;(H,3,4,5)(H,6,7,8). The summed E-state index contributed by atoms with van der Waals surface area (Å²) in [6.07, 6.45) is 7.32. The zero-order chi connectivity index (χ0) is 14.0. The first-order valence-corrected chi connectivity index (χ1v) is 6.98. The van der Waals surface area contributed by atoms with Gasteiger partial charge in [-0.3, -0.25) is 23.9 Å². The summed E-state index contributed by atoms with van der Waals surface area (Å²) in [7, 11) is -10.7. The number of fused-ring (bicyclic) bond motifs is 1. The molecule has 0 unspecified atom stereocenters. The van der Waals surface area contributed by atoms with Crippen LogP contribution in [-0.4, -0.2) is 42.8 Å². The fourth-order valence-corrected chi connectivity index (χ4v) is 1.96. The first kappa shape index (κ1) is 14.4. The molecule has 2 rings (SSSR count). The van der Waals surface area contributed by atoms with Gasteiger partial charge in [0.05, 0.1) is 11.4 Å². The minimum absolute atomic E-state index is 0.991. The lowest BCUT2D eigenvalue weighted by molar-refractivity contribution is 0.268. The normalized spacial score (nSPS) is 16.6. The van der Waals surface area contributed by atoms with Gasteiger partial charge in [-0.25, -0.2) is 0 Å². The van der Waals surface area contributed by atoms with Gasteiger partial charge in [-0.15, -0.1) is 0 Å². The van der Waals surface area contributed by atoms with E-state index in [0.29, 0.717) is 0 Å². The molecule has 0 aliphatic carbocycles. The monoisotopic (exact) mass is 294 g/mol. The van der Waals surface area contributed by atoms with Crippen LogP contribution in [-0.2, 0) is 20.2 Å². The van der Waals surface area contributed by atoms with Gasteiger partial charge < -0.3 is 0 Å². The predicted molar refractivity (Wildman–Crippen MR) is 61.6 cm³/mol. The highest BCUT2D eigenvalue weighted by atomic mass is 32.3. The average Bonchev–Trinajstić information content (AvgIpc) is 2.75. The second kappa shape index (κ2) is 4.89. The van der Waals surface area contributed by atoms with Crippen molar-refractivity contribution in [1.29, 1.82) is 0 Å². The minimum atomic E-state index is -5.34. The Morgan fingerprint density at radius 1 is 0.889 bits per heavy atom. The molecule has 0 aromatic heterocycles. The maximum Gasteiger partial charge on any atom is 0.412 e. The lowest BCUT2D eigenvalue weighted by Gasteiger charge is -1.88. The molecule has 0 aromatic rings. The van der Waals surface area contributed by atoms with E-state index < -0.39 is 24.7 Å². The van der Waals surface area contributed by atoms with Crippen molar-refractivity contribution in [1.82, 2.24) is 0 Å². The summed E-state index contributed by atoms with van der Waals surface area (Å²) in [5.41, 5.74) is 1.98. The maximum absolute atomic E-state index is 9.81. The molecule has 0 saturated carbocycles. The van der Waals surface area contributed by atoms with Crippen LogP contribution in [0.2, 0.25) is 0 Å². The smallest absolute Gasteiger partial charge is 0.279 e. The zero-order valence-corrected chi connectivity index (χ0v) is 10.1. The second-order valence-corrected chi connectivity index (χ2v) is 5.76. The Labute approximate surface area is 102 Å². The number of hydrogen-bond donors (Lipinski definition) is 2. The molecule has 2 N–H and O–H groups in total. The molecular formula is C7H6N2O7S2. The van der Waals surface area contributed by atoms with Crippen LogP contribution in [0.25, 0.3) is 0 Å². The summed E-state index contributed by atoms with van der Waals surface area (Å²) in [6, 6.07) is 0. The molecule has 2 aliphatic rings. The topological polar surface area (TPSA) is 151 Å². The van der Waals surface area contributed by atoms with Crippen LogP contribution in [0, 0.1) is 0 Å². The Bertz CT molecular complexity index is 634. The van der Waals surface area contributed by atoms with Crippen molar-refractivity contribution in [3.63, 3.8) is 0 Å². The predicted octanol–water partition coefficient (Wildman–Crippen LogP) is -0.195. The van der Waals surface area contributed by atoms with Crippen molar-refractivity contribution < 1.29 is 30.7 Å². The fourth-order valence-electron chi connectivity index (χ4n) is 0.899. The van der Waals surface area contributed by atoms with Crippen molar-refractivity contribution in [2.45, 2.75) is 0 Å². The van der Waals surface area contributed by atoms with E-state index in [1.54, 1.807) is 12.4 Å². The van der Waals surface area contributed by atoms with Gasteiger partial charge in [0.25, 0.3) is 0 Å². The summed E-state index contributed by atoms with van der Waals surface area (Å²) in [6.45, 7) is 0. The molecule has 0 spiro atoms. The van der Waals surface area contributed by atoms with Crippen molar-refractivity contribution in [3.8, 4) is 0 Å². The molecular weight excluding hydrogens is 288 g/mol. The van der Waals surface area contributed by atoms with Crippen LogP contribution in [0.1, 0.15) is 0 Å². The van der Waals surface area contributed by atoms with E-state index in [0.717, 1.165) is 11.4 Å². The van der Waals surface area contributed by atoms with Gasteiger partial charge in [0.15, 0.2) is 0 Å². The Morgan fingerprint density at radius 2 is 1.22 bits per heavy atom. The van der Waals surface area contributed by atoms with Crippen molar-refractivity contribution >= 4 is 37.1 Å². The van der Waals surface area contributed by atoms with Gasteiger partial charge in [0.2, 0.25) is 0 Å². The highest BCUT2D eigenvalue weighted by molar-refractivity contribution is 8.26. The van der Waals surface area contributed by atoms with Crippen LogP contribution in [0.4, 0.5) is 4.79 Å². The number of carbonyl (C=O) groups is 1. The molecule has 9 nitrogen and oxygen atoms in total. The Hall–Kier alpha value is -1.69. The second-order valence-electron chi connectivity index (χ2n) is 2.86. The third kappa shape index (κ3) is 3.66.